The van der Waals surface area contributed by atoms with E-state index in [1.165, 1.54) is 4.90 Å². The van der Waals surface area contributed by atoms with Gasteiger partial charge in [0.1, 0.15) is 5.75 Å². The van der Waals surface area contributed by atoms with E-state index in [2.05, 4.69) is 10.6 Å². The van der Waals surface area contributed by atoms with Crippen LogP contribution < -0.4 is 15.4 Å². The highest BCUT2D eigenvalue weighted by Crippen LogP contribution is 2.19. The van der Waals surface area contributed by atoms with Crippen molar-refractivity contribution in [3.05, 3.63) is 24.3 Å². The van der Waals surface area contributed by atoms with E-state index in [-0.39, 0.29) is 18.3 Å². The van der Waals surface area contributed by atoms with E-state index in [1.807, 2.05) is 37.6 Å². The minimum atomic E-state index is -0.477. The van der Waals surface area contributed by atoms with E-state index in [1.54, 1.807) is 18.7 Å². The number of rotatable bonds is 8. The molecule has 1 rings (SSSR count). The second kappa shape index (κ2) is 10.8. The van der Waals surface area contributed by atoms with E-state index in [0.717, 1.165) is 18.7 Å². The van der Waals surface area contributed by atoms with Gasteiger partial charge in [0, 0.05) is 11.4 Å². The van der Waals surface area contributed by atoms with Crippen molar-refractivity contribution in [3.8, 4) is 5.75 Å². The lowest BCUT2D eigenvalue weighted by Crippen LogP contribution is -2.37. The normalized spacial score (nSPS) is 11.3. The minimum absolute atomic E-state index is 0. The molecule has 0 aliphatic carbocycles. The van der Waals surface area contributed by atoms with Gasteiger partial charge in [-0.1, -0.05) is 0 Å². The fraction of sp³-hybridized carbons (Fsp3) is 0.500. The van der Waals surface area contributed by atoms with Crippen LogP contribution in [0.5, 0.6) is 5.75 Å². The van der Waals surface area contributed by atoms with Gasteiger partial charge in [-0.2, -0.15) is 0 Å². The summed E-state index contributed by atoms with van der Waals surface area (Å²) in [7, 11) is 1.89. The summed E-state index contributed by atoms with van der Waals surface area (Å²) in [5.41, 5.74) is 0. The maximum Gasteiger partial charge on any atom is 0.260 e. The molecule has 0 fully saturated rings. The van der Waals surface area contributed by atoms with Gasteiger partial charge in [0.05, 0.1) is 0 Å². The van der Waals surface area contributed by atoms with Gasteiger partial charge >= 0.3 is 0 Å². The molecule has 1 aromatic rings. The molecule has 1 unspecified atom stereocenters. The third kappa shape index (κ3) is 7.03. The molecule has 0 radical (unpaired) electrons. The number of amides is 1. The third-order valence-electron chi connectivity index (χ3n) is 2.64. The van der Waals surface area contributed by atoms with Crippen LogP contribution in [0.1, 0.15) is 13.3 Å². The van der Waals surface area contributed by atoms with E-state index in [4.69, 9.17) is 4.74 Å². The van der Waals surface area contributed by atoms with Gasteiger partial charge in [-0.25, -0.2) is 0 Å². The molecule has 1 atom stereocenters. The first-order valence-corrected chi connectivity index (χ1v) is 7.63. The molecule has 0 bridgehead atoms. The lowest BCUT2D eigenvalue weighted by molar-refractivity contribution is -0.127. The quantitative estimate of drug-likeness (QED) is 0.570. The Labute approximate surface area is 131 Å². The Kier molecular flexibility index (Phi) is 10.3. The molecule has 0 aliphatic rings. The van der Waals surface area contributed by atoms with Crippen LogP contribution in [0, 0.1) is 0 Å². The largest absolute Gasteiger partial charge is 0.481 e. The Hall–Kier alpha value is -0.910. The zero-order chi connectivity index (χ0) is 14.1. The van der Waals surface area contributed by atoms with E-state index in [9.17, 15) is 4.79 Å². The highest BCUT2D eigenvalue weighted by atomic mass is 35.5. The molecule has 0 saturated heterocycles. The summed E-state index contributed by atoms with van der Waals surface area (Å²) in [5, 5.41) is 5.89. The molecule has 2 N–H and O–H groups in total. The monoisotopic (exact) mass is 318 g/mol. The first kappa shape index (κ1) is 19.1. The predicted octanol–water partition coefficient (Wildman–Crippen LogP) is 2.32. The van der Waals surface area contributed by atoms with Crippen LogP contribution in [0.4, 0.5) is 0 Å². The maximum atomic E-state index is 11.8. The molecule has 114 valence electrons. The van der Waals surface area contributed by atoms with Crippen LogP contribution in [0.3, 0.4) is 0 Å². The topological polar surface area (TPSA) is 50.4 Å². The molecule has 0 spiro atoms. The van der Waals surface area contributed by atoms with Gasteiger partial charge in [0.2, 0.25) is 0 Å². The molecular weight excluding hydrogens is 296 g/mol. The number of thioether (sulfide) groups is 1. The summed E-state index contributed by atoms with van der Waals surface area (Å²) in [5.74, 6) is 0.640. The second-order valence-corrected chi connectivity index (χ2v) is 5.06. The number of carbonyl (C=O) groups excluding carboxylic acids is 1. The number of hydrogen-bond acceptors (Lipinski definition) is 4. The van der Waals surface area contributed by atoms with Crippen molar-refractivity contribution in [2.45, 2.75) is 24.3 Å². The number of benzene rings is 1. The predicted molar refractivity (Wildman–Crippen MR) is 87.1 cm³/mol. The molecule has 0 aromatic heterocycles. The van der Waals surface area contributed by atoms with Crippen molar-refractivity contribution < 1.29 is 9.53 Å². The van der Waals surface area contributed by atoms with Gasteiger partial charge in [-0.15, -0.1) is 24.2 Å². The first-order valence-electron chi connectivity index (χ1n) is 6.40. The van der Waals surface area contributed by atoms with Crippen molar-refractivity contribution in [2.75, 3.05) is 26.4 Å². The maximum absolute atomic E-state index is 11.8. The number of carbonyl (C=O) groups is 1. The van der Waals surface area contributed by atoms with Crippen molar-refractivity contribution >= 4 is 30.1 Å². The lowest BCUT2D eigenvalue weighted by Gasteiger charge is -2.14. The van der Waals surface area contributed by atoms with Crippen molar-refractivity contribution in [1.82, 2.24) is 10.6 Å². The summed E-state index contributed by atoms with van der Waals surface area (Å²) >= 11 is 1.68. The highest BCUT2D eigenvalue weighted by molar-refractivity contribution is 7.98. The summed E-state index contributed by atoms with van der Waals surface area (Å²) in [6, 6.07) is 7.74. The van der Waals surface area contributed by atoms with Crippen molar-refractivity contribution in [3.63, 3.8) is 0 Å². The van der Waals surface area contributed by atoms with Crippen molar-refractivity contribution in [1.29, 1.82) is 0 Å². The molecule has 1 amide bonds. The molecule has 0 heterocycles. The molecule has 4 nitrogen and oxygen atoms in total. The Morgan fingerprint density at radius 3 is 2.50 bits per heavy atom. The molecule has 1 aromatic carbocycles. The molecule has 6 heteroatoms. The van der Waals surface area contributed by atoms with Gasteiger partial charge in [-0.3, -0.25) is 4.79 Å². The zero-order valence-electron chi connectivity index (χ0n) is 12.1. The molecule has 0 saturated carbocycles. The lowest BCUT2D eigenvalue weighted by atomic mass is 10.3. The van der Waals surface area contributed by atoms with Crippen LogP contribution in [-0.2, 0) is 4.79 Å². The Morgan fingerprint density at radius 2 is 1.95 bits per heavy atom. The SMILES string of the molecule is CNCCCNC(=O)C(C)Oc1ccc(SC)cc1.Cl. The van der Waals surface area contributed by atoms with Crippen LogP contribution in [0.15, 0.2) is 29.2 Å². The fourth-order valence-corrected chi connectivity index (χ4v) is 1.94. The fourth-order valence-electron chi connectivity index (χ4n) is 1.53. The van der Waals surface area contributed by atoms with Gasteiger partial charge in [0.15, 0.2) is 6.10 Å². The Balaban J connectivity index is 0.00000361. The standard InChI is InChI=1S/C14H22N2O2S.ClH/c1-11(14(17)16-10-4-9-15-2)18-12-5-7-13(19-3)8-6-12;/h5-8,11,15H,4,9-10H2,1-3H3,(H,16,17);1H. The van der Waals surface area contributed by atoms with Crippen LogP contribution >= 0.6 is 24.2 Å². The van der Waals surface area contributed by atoms with E-state index >= 15 is 0 Å². The third-order valence-corrected chi connectivity index (χ3v) is 3.39. The molecule has 20 heavy (non-hydrogen) atoms. The van der Waals surface area contributed by atoms with Crippen LogP contribution in [0.2, 0.25) is 0 Å². The van der Waals surface area contributed by atoms with E-state index < -0.39 is 6.10 Å². The minimum Gasteiger partial charge on any atom is -0.481 e. The highest BCUT2D eigenvalue weighted by Gasteiger charge is 2.13. The summed E-state index contributed by atoms with van der Waals surface area (Å²) in [6.45, 7) is 3.32. The summed E-state index contributed by atoms with van der Waals surface area (Å²) < 4.78 is 5.60. The van der Waals surface area contributed by atoms with Crippen molar-refractivity contribution in [2.24, 2.45) is 0 Å². The summed E-state index contributed by atoms with van der Waals surface area (Å²) in [6.07, 6.45) is 2.46. The van der Waals surface area contributed by atoms with Crippen LogP contribution in [-0.4, -0.2) is 38.4 Å². The van der Waals surface area contributed by atoms with Gasteiger partial charge in [0.25, 0.3) is 5.91 Å². The smallest absolute Gasteiger partial charge is 0.260 e. The van der Waals surface area contributed by atoms with E-state index in [0.29, 0.717) is 6.54 Å². The van der Waals surface area contributed by atoms with Crippen LogP contribution in [0.25, 0.3) is 0 Å². The zero-order valence-corrected chi connectivity index (χ0v) is 13.8. The average Bonchev–Trinajstić information content (AvgIpc) is 2.44. The number of nitrogens with one attached hydrogen (secondary N) is 2. The number of halogens is 1. The first-order chi connectivity index (χ1) is 9.17. The molecular formula is C14H23ClN2O2S. The van der Waals surface area contributed by atoms with Gasteiger partial charge < -0.3 is 15.4 Å². The number of ether oxygens (including phenoxy) is 1. The Bertz CT molecular complexity index is 387. The Morgan fingerprint density at radius 1 is 1.30 bits per heavy atom. The molecule has 0 aliphatic heterocycles. The number of hydrogen-bond donors (Lipinski definition) is 2. The van der Waals surface area contributed by atoms with Gasteiger partial charge in [-0.05, 0) is 57.5 Å². The average molecular weight is 319 g/mol. The summed E-state index contributed by atoms with van der Waals surface area (Å²) in [4.78, 5) is 13.0. The second-order valence-electron chi connectivity index (χ2n) is 4.18.